The maximum absolute atomic E-state index is 12.2. The highest BCUT2D eigenvalue weighted by molar-refractivity contribution is 9.10. The number of nitrogens with two attached hydrogens (primary N) is 1. The van der Waals surface area contributed by atoms with Crippen molar-refractivity contribution < 1.29 is 4.79 Å². The molecule has 2 N–H and O–H groups in total. The molecule has 0 amide bonds. The first kappa shape index (κ1) is 14.4. The van der Waals surface area contributed by atoms with Crippen molar-refractivity contribution in [2.24, 2.45) is 11.1 Å². The number of hydrogen-bond donors (Lipinski definition) is 1. The van der Waals surface area contributed by atoms with Gasteiger partial charge in [-0.3, -0.25) is 9.48 Å². The van der Waals surface area contributed by atoms with E-state index in [1.54, 1.807) is 0 Å². The van der Waals surface area contributed by atoms with E-state index in [1.807, 2.05) is 32.4 Å². The Hall–Kier alpha value is -0.680. The monoisotopic (exact) mass is 301 g/mol. The molecule has 5 heteroatoms. The molecule has 17 heavy (non-hydrogen) atoms. The Labute approximate surface area is 111 Å². The lowest BCUT2D eigenvalue weighted by Crippen LogP contribution is -2.34. The Bertz CT molecular complexity index is 424. The fourth-order valence-electron chi connectivity index (χ4n) is 1.54. The number of halogens is 1. The molecule has 0 aliphatic rings. The SMILES string of the molecule is CCn1nc(C)c(Br)c1CC(=O)C(C)(C)CN. The van der Waals surface area contributed by atoms with Crippen LogP contribution in [0.5, 0.6) is 0 Å². The van der Waals surface area contributed by atoms with Crippen LogP contribution in [0.1, 0.15) is 32.2 Å². The molecule has 0 saturated carbocycles. The third-order valence-electron chi connectivity index (χ3n) is 3.05. The van der Waals surface area contributed by atoms with Crippen LogP contribution in [0.3, 0.4) is 0 Å². The van der Waals surface area contributed by atoms with Gasteiger partial charge in [0.25, 0.3) is 0 Å². The van der Waals surface area contributed by atoms with Crippen LogP contribution in [-0.4, -0.2) is 22.1 Å². The van der Waals surface area contributed by atoms with Crippen LogP contribution in [0.15, 0.2) is 4.47 Å². The third-order valence-corrected chi connectivity index (χ3v) is 4.08. The van der Waals surface area contributed by atoms with Gasteiger partial charge in [-0.2, -0.15) is 5.10 Å². The molecule has 0 saturated heterocycles. The number of carbonyl (C=O) groups is 1. The average Bonchev–Trinajstić information content (AvgIpc) is 2.56. The van der Waals surface area contributed by atoms with Gasteiger partial charge in [-0.1, -0.05) is 13.8 Å². The number of rotatable bonds is 5. The summed E-state index contributed by atoms with van der Waals surface area (Å²) in [7, 11) is 0. The van der Waals surface area contributed by atoms with Gasteiger partial charge < -0.3 is 5.73 Å². The lowest BCUT2D eigenvalue weighted by molar-refractivity contribution is -0.126. The summed E-state index contributed by atoms with van der Waals surface area (Å²) in [6.07, 6.45) is 0.374. The number of aromatic nitrogens is 2. The summed E-state index contributed by atoms with van der Waals surface area (Å²) < 4.78 is 2.80. The summed E-state index contributed by atoms with van der Waals surface area (Å²) in [6.45, 7) is 8.82. The van der Waals surface area contributed by atoms with Gasteiger partial charge in [-0.15, -0.1) is 0 Å². The summed E-state index contributed by atoms with van der Waals surface area (Å²) in [5.41, 5.74) is 7.00. The Balaban J connectivity index is 2.99. The molecule has 0 spiro atoms. The van der Waals surface area contributed by atoms with E-state index in [0.717, 1.165) is 22.4 Å². The van der Waals surface area contributed by atoms with Gasteiger partial charge in [0.1, 0.15) is 5.78 Å². The van der Waals surface area contributed by atoms with E-state index in [2.05, 4.69) is 21.0 Å². The van der Waals surface area contributed by atoms with Crippen molar-refractivity contribution in [1.82, 2.24) is 9.78 Å². The third kappa shape index (κ3) is 2.96. The van der Waals surface area contributed by atoms with E-state index in [4.69, 9.17) is 5.73 Å². The lowest BCUT2D eigenvalue weighted by atomic mass is 9.86. The van der Waals surface area contributed by atoms with E-state index in [-0.39, 0.29) is 5.78 Å². The minimum Gasteiger partial charge on any atom is -0.329 e. The number of hydrogen-bond acceptors (Lipinski definition) is 3. The molecule has 0 fully saturated rings. The van der Waals surface area contributed by atoms with Gasteiger partial charge in [0.05, 0.1) is 22.3 Å². The molecule has 0 aromatic carbocycles. The van der Waals surface area contributed by atoms with Crippen LogP contribution in [-0.2, 0) is 17.8 Å². The van der Waals surface area contributed by atoms with E-state index in [9.17, 15) is 4.79 Å². The Morgan fingerprint density at radius 1 is 1.53 bits per heavy atom. The van der Waals surface area contributed by atoms with E-state index >= 15 is 0 Å². The lowest BCUT2D eigenvalue weighted by Gasteiger charge is -2.20. The van der Waals surface area contributed by atoms with Gasteiger partial charge in [0.2, 0.25) is 0 Å². The highest BCUT2D eigenvalue weighted by Crippen LogP contribution is 2.25. The molecule has 96 valence electrons. The first-order chi connectivity index (χ1) is 7.83. The maximum atomic E-state index is 12.2. The second-order valence-corrected chi connectivity index (χ2v) is 5.64. The van der Waals surface area contributed by atoms with Crippen LogP contribution in [0, 0.1) is 12.3 Å². The Morgan fingerprint density at radius 2 is 2.12 bits per heavy atom. The summed E-state index contributed by atoms with van der Waals surface area (Å²) in [5.74, 6) is 0.148. The minimum atomic E-state index is -0.476. The fraction of sp³-hybridized carbons (Fsp3) is 0.667. The topological polar surface area (TPSA) is 60.9 Å². The highest BCUT2D eigenvalue weighted by Gasteiger charge is 2.27. The van der Waals surface area contributed by atoms with Gasteiger partial charge in [-0.25, -0.2) is 0 Å². The van der Waals surface area contributed by atoms with Crippen LogP contribution < -0.4 is 5.73 Å². The van der Waals surface area contributed by atoms with Crippen LogP contribution in [0.25, 0.3) is 0 Å². The number of nitrogens with zero attached hydrogens (tertiary/aromatic N) is 2. The van der Waals surface area contributed by atoms with Crippen LogP contribution in [0.2, 0.25) is 0 Å². The van der Waals surface area contributed by atoms with Gasteiger partial charge >= 0.3 is 0 Å². The number of aryl methyl sites for hydroxylation is 2. The summed E-state index contributed by atoms with van der Waals surface area (Å²) in [6, 6.07) is 0. The molecule has 0 radical (unpaired) electrons. The zero-order valence-electron chi connectivity index (χ0n) is 10.9. The molecular formula is C12H20BrN3O. The number of Topliss-reactive ketones (excluding diaryl/α,β-unsaturated/α-hetero) is 1. The predicted molar refractivity (Wildman–Crippen MR) is 71.9 cm³/mol. The quantitative estimate of drug-likeness (QED) is 0.906. The summed E-state index contributed by atoms with van der Waals surface area (Å²) in [5, 5.41) is 4.38. The first-order valence-electron chi connectivity index (χ1n) is 5.78. The predicted octanol–water partition coefficient (Wildman–Crippen LogP) is 2.07. The van der Waals surface area contributed by atoms with E-state index in [1.165, 1.54) is 0 Å². The molecule has 4 nitrogen and oxygen atoms in total. The van der Waals surface area contributed by atoms with Crippen molar-refractivity contribution in [3.05, 3.63) is 15.9 Å². The maximum Gasteiger partial charge on any atom is 0.145 e. The molecule has 0 unspecified atom stereocenters. The van der Waals surface area contributed by atoms with Crippen LogP contribution in [0.4, 0.5) is 0 Å². The second kappa shape index (κ2) is 5.31. The molecule has 1 aromatic rings. The van der Waals surface area contributed by atoms with Crippen molar-refractivity contribution >= 4 is 21.7 Å². The number of ketones is 1. The molecule has 0 atom stereocenters. The minimum absolute atomic E-state index is 0.148. The van der Waals surface area contributed by atoms with Gasteiger partial charge in [0.15, 0.2) is 0 Å². The molecule has 0 bridgehead atoms. The summed E-state index contributed by atoms with van der Waals surface area (Å²) >= 11 is 3.49. The van der Waals surface area contributed by atoms with Gasteiger partial charge in [-0.05, 0) is 29.8 Å². The van der Waals surface area contributed by atoms with Crippen LogP contribution >= 0.6 is 15.9 Å². The van der Waals surface area contributed by atoms with E-state index < -0.39 is 5.41 Å². The van der Waals surface area contributed by atoms with Crippen molar-refractivity contribution in [2.45, 2.75) is 40.7 Å². The highest BCUT2D eigenvalue weighted by atomic mass is 79.9. The molecule has 0 aliphatic carbocycles. The molecule has 0 aliphatic heterocycles. The smallest absolute Gasteiger partial charge is 0.145 e. The Morgan fingerprint density at radius 3 is 2.59 bits per heavy atom. The summed E-state index contributed by atoms with van der Waals surface area (Å²) in [4.78, 5) is 12.2. The van der Waals surface area contributed by atoms with Crippen molar-refractivity contribution in [2.75, 3.05) is 6.54 Å². The molecule has 1 aromatic heterocycles. The Kier molecular flexibility index (Phi) is 4.49. The van der Waals surface area contributed by atoms with Crippen molar-refractivity contribution in [1.29, 1.82) is 0 Å². The largest absolute Gasteiger partial charge is 0.329 e. The first-order valence-corrected chi connectivity index (χ1v) is 6.58. The average molecular weight is 302 g/mol. The zero-order valence-corrected chi connectivity index (χ0v) is 12.5. The van der Waals surface area contributed by atoms with Crippen molar-refractivity contribution in [3.63, 3.8) is 0 Å². The molecule has 1 rings (SSSR count). The van der Waals surface area contributed by atoms with E-state index in [0.29, 0.717) is 13.0 Å². The fourth-order valence-corrected chi connectivity index (χ4v) is 1.97. The number of carbonyl (C=O) groups excluding carboxylic acids is 1. The van der Waals surface area contributed by atoms with Crippen molar-refractivity contribution in [3.8, 4) is 0 Å². The standard InChI is InChI=1S/C12H20BrN3O/c1-5-16-9(11(13)8(2)15-16)6-10(17)12(3,4)7-14/h5-7,14H2,1-4H3. The molecular weight excluding hydrogens is 282 g/mol. The second-order valence-electron chi connectivity index (χ2n) is 4.85. The normalized spacial score (nSPS) is 11.9. The zero-order chi connectivity index (χ0) is 13.2. The van der Waals surface area contributed by atoms with Gasteiger partial charge in [0, 0.05) is 18.5 Å². The molecule has 1 heterocycles.